The number of benzene rings is 1. The predicted octanol–water partition coefficient (Wildman–Crippen LogP) is 1.94. The van der Waals surface area contributed by atoms with Crippen LogP contribution in [0, 0.1) is 21.8 Å². The molecule has 2 unspecified atom stereocenters. The molecule has 0 aliphatic carbocycles. The van der Waals surface area contributed by atoms with Crippen LogP contribution in [0.5, 0.6) is 0 Å². The molecular formula is C13H17FN2O3. The molecule has 0 saturated carbocycles. The molecule has 1 aliphatic heterocycles. The highest BCUT2D eigenvalue weighted by molar-refractivity contribution is 5.34. The second-order valence-electron chi connectivity index (χ2n) is 5.11. The van der Waals surface area contributed by atoms with E-state index in [0.29, 0.717) is 18.5 Å². The number of hydrogen-bond donors (Lipinski definition) is 1. The molecule has 1 fully saturated rings. The van der Waals surface area contributed by atoms with Gasteiger partial charge < -0.3 is 5.11 Å². The molecule has 0 radical (unpaired) electrons. The summed E-state index contributed by atoms with van der Waals surface area (Å²) in [6.45, 7) is 4.03. The molecule has 1 aromatic carbocycles. The Morgan fingerprint density at radius 2 is 2.32 bits per heavy atom. The second-order valence-corrected chi connectivity index (χ2v) is 5.11. The quantitative estimate of drug-likeness (QED) is 0.672. The van der Waals surface area contributed by atoms with Gasteiger partial charge in [-0.3, -0.25) is 15.0 Å². The number of nitro groups is 1. The average molecular weight is 268 g/mol. The highest BCUT2D eigenvalue weighted by atomic mass is 19.1. The number of nitro benzene ring substituents is 1. The Morgan fingerprint density at radius 1 is 1.58 bits per heavy atom. The van der Waals surface area contributed by atoms with E-state index in [2.05, 4.69) is 4.90 Å². The number of halogens is 1. The summed E-state index contributed by atoms with van der Waals surface area (Å²) in [5, 5.41) is 20.2. The van der Waals surface area contributed by atoms with Crippen molar-refractivity contribution in [3.63, 3.8) is 0 Å². The van der Waals surface area contributed by atoms with Crippen molar-refractivity contribution in [1.29, 1.82) is 0 Å². The summed E-state index contributed by atoms with van der Waals surface area (Å²) in [5.41, 5.74) is 0.220. The Hall–Kier alpha value is -1.53. The second kappa shape index (κ2) is 5.63. The summed E-state index contributed by atoms with van der Waals surface area (Å²) in [5.74, 6) is -0.607. The third-order valence-electron chi connectivity index (χ3n) is 3.56. The van der Waals surface area contributed by atoms with Crippen molar-refractivity contribution >= 4 is 5.69 Å². The van der Waals surface area contributed by atoms with Gasteiger partial charge in [0.1, 0.15) is 0 Å². The van der Waals surface area contributed by atoms with E-state index >= 15 is 0 Å². The molecule has 1 aromatic rings. The Bertz CT molecular complexity index is 481. The molecule has 2 rings (SSSR count). The molecule has 1 N–H and O–H groups in total. The number of aliphatic hydroxyl groups excluding tert-OH is 1. The molecule has 0 spiro atoms. The summed E-state index contributed by atoms with van der Waals surface area (Å²) in [6.07, 6.45) is 0.432. The lowest BCUT2D eigenvalue weighted by atomic mass is 9.96. The Labute approximate surface area is 110 Å². The fourth-order valence-corrected chi connectivity index (χ4v) is 2.42. The summed E-state index contributed by atoms with van der Waals surface area (Å²) in [7, 11) is 0. The first-order valence-corrected chi connectivity index (χ1v) is 6.30. The molecule has 2 atom stereocenters. The maximum Gasteiger partial charge on any atom is 0.304 e. The van der Waals surface area contributed by atoms with Gasteiger partial charge in [0.2, 0.25) is 5.82 Å². The van der Waals surface area contributed by atoms with Crippen LogP contribution in [0.4, 0.5) is 10.1 Å². The van der Waals surface area contributed by atoms with Crippen LogP contribution in [0.2, 0.25) is 0 Å². The lowest BCUT2D eigenvalue weighted by molar-refractivity contribution is -0.387. The standard InChI is InChI=1S/C13H17FN2O3/c1-9-7-15(5-4-13(9)17)8-10-2-3-12(16(18)19)11(14)6-10/h2-3,6,9,13,17H,4-5,7-8H2,1H3. The van der Waals surface area contributed by atoms with E-state index in [0.717, 1.165) is 13.1 Å². The van der Waals surface area contributed by atoms with Gasteiger partial charge in [0.05, 0.1) is 11.0 Å². The number of hydrogen-bond acceptors (Lipinski definition) is 4. The normalized spacial score (nSPS) is 24.4. The van der Waals surface area contributed by atoms with Gasteiger partial charge in [-0.2, -0.15) is 4.39 Å². The van der Waals surface area contributed by atoms with E-state index in [9.17, 15) is 19.6 Å². The van der Waals surface area contributed by atoms with E-state index in [4.69, 9.17) is 0 Å². The zero-order chi connectivity index (χ0) is 14.0. The van der Waals surface area contributed by atoms with Crippen LogP contribution in [0.3, 0.4) is 0 Å². The van der Waals surface area contributed by atoms with Gasteiger partial charge in [-0.1, -0.05) is 13.0 Å². The maximum absolute atomic E-state index is 13.5. The number of piperidine rings is 1. The van der Waals surface area contributed by atoms with E-state index in [-0.39, 0.29) is 12.0 Å². The molecule has 1 heterocycles. The summed E-state index contributed by atoms with van der Waals surface area (Å²) in [6, 6.07) is 4.00. The Balaban J connectivity index is 2.04. The molecule has 1 aliphatic rings. The minimum Gasteiger partial charge on any atom is -0.393 e. The lowest BCUT2D eigenvalue weighted by Gasteiger charge is -2.34. The van der Waals surface area contributed by atoms with Gasteiger partial charge in [-0.25, -0.2) is 0 Å². The molecule has 0 aromatic heterocycles. The van der Waals surface area contributed by atoms with Crippen LogP contribution in [0.25, 0.3) is 0 Å². The van der Waals surface area contributed by atoms with Crippen LogP contribution < -0.4 is 0 Å². The van der Waals surface area contributed by atoms with Crippen molar-refractivity contribution in [2.24, 2.45) is 5.92 Å². The zero-order valence-corrected chi connectivity index (χ0v) is 10.8. The SMILES string of the molecule is CC1CN(Cc2ccc([N+](=O)[O-])c(F)c2)CCC1O. The van der Waals surface area contributed by atoms with E-state index in [1.807, 2.05) is 6.92 Å². The van der Waals surface area contributed by atoms with Crippen LogP contribution in [-0.4, -0.2) is 34.1 Å². The Morgan fingerprint density at radius 3 is 2.89 bits per heavy atom. The van der Waals surface area contributed by atoms with Gasteiger partial charge in [0, 0.05) is 25.7 Å². The molecule has 19 heavy (non-hydrogen) atoms. The summed E-state index contributed by atoms with van der Waals surface area (Å²) in [4.78, 5) is 11.9. The van der Waals surface area contributed by atoms with Crippen molar-refractivity contribution in [1.82, 2.24) is 4.90 Å². The largest absolute Gasteiger partial charge is 0.393 e. The average Bonchev–Trinajstić information content (AvgIpc) is 2.33. The molecule has 5 nitrogen and oxygen atoms in total. The lowest BCUT2D eigenvalue weighted by Crippen LogP contribution is -2.41. The molecule has 0 amide bonds. The van der Waals surface area contributed by atoms with E-state index in [1.54, 1.807) is 6.07 Å². The van der Waals surface area contributed by atoms with Crippen molar-refractivity contribution in [2.75, 3.05) is 13.1 Å². The highest BCUT2D eigenvalue weighted by Crippen LogP contribution is 2.22. The van der Waals surface area contributed by atoms with Crippen molar-refractivity contribution in [2.45, 2.75) is 26.0 Å². The summed E-state index contributed by atoms with van der Waals surface area (Å²) < 4.78 is 13.5. The summed E-state index contributed by atoms with van der Waals surface area (Å²) >= 11 is 0. The van der Waals surface area contributed by atoms with Gasteiger partial charge >= 0.3 is 5.69 Å². The first kappa shape index (κ1) is 13.9. The molecule has 0 bridgehead atoms. The number of likely N-dealkylation sites (tertiary alicyclic amines) is 1. The van der Waals surface area contributed by atoms with E-state index < -0.39 is 16.4 Å². The van der Waals surface area contributed by atoms with Crippen LogP contribution in [-0.2, 0) is 6.54 Å². The Kier molecular flexibility index (Phi) is 4.11. The first-order valence-electron chi connectivity index (χ1n) is 6.30. The number of aliphatic hydroxyl groups is 1. The fourth-order valence-electron chi connectivity index (χ4n) is 2.42. The van der Waals surface area contributed by atoms with Crippen molar-refractivity contribution in [3.8, 4) is 0 Å². The highest BCUT2D eigenvalue weighted by Gasteiger charge is 2.24. The minimum atomic E-state index is -0.799. The monoisotopic (exact) mass is 268 g/mol. The zero-order valence-electron chi connectivity index (χ0n) is 10.8. The molecular weight excluding hydrogens is 251 g/mol. The first-order chi connectivity index (χ1) is 8.97. The van der Waals surface area contributed by atoms with Gasteiger partial charge in [-0.15, -0.1) is 0 Å². The maximum atomic E-state index is 13.5. The number of nitrogens with zero attached hydrogens (tertiary/aromatic N) is 2. The van der Waals surface area contributed by atoms with Crippen molar-refractivity contribution < 1.29 is 14.4 Å². The molecule has 6 heteroatoms. The third-order valence-corrected chi connectivity index (χ3v) is 3.56. The van der Waals surface area contributed by atoms with Gasteiger partial charge in [-0.05, 0) is 24.0 Å². The fraction of sp³-hybridized carbons (Fsp3) is 0.538. The van der Waals surface area contributed by atoms with Crippen molar-refractivity contribution in [3.05, 3.63) is 39.7 Å². The molecule has 104 valence electrons. The van der Waals surface area contributed by atoms with Crippen LogP contribution >= 0.6 is 0 Å². The van der Waals surface area contributed by atoms with Gasteiger partial charge in [0.15, 0.2) is 0 Å². The number of rotatable bonds is 3. The molecule has 1 saturated heterocycles. The minimum absolute atomic E-state index is 0.191. The topological polar surface area (TPSA) is 66.6 Å². The van der Waals surface area contributed by atoms with Gasteiger partial charge in [0.25, 0.3) is 0 Å². The smallest absolute Gasteiger partial charge is 0.304 e. The van der Waals surface area contributed by atoms with Crippen LogP contribution in [0.15, 0.2) is 18.2 Å². The van der Waals surface area contributed by atoms with Crippen LogP contribution in [0.1, 0.15) is 18.9 Å². The third kappa shape index (κ3) is 3.27. The predicted molar refractivity (Wildman–Crippen MR) is 68.1 cm³/mol. The van der Waals surface area contributed by atoms with E-state index in [1.165, 1.54) is 12.1 Å².